The van der Waals surface area contributed by atoms with Crippen LogP contribution in [0, 0.1) is 0 Å². The minimum atomic E-state index is -9.55. The molecule has 0 unspecified atom stereocenters. The third kappa shape index (κ3) is 5.60. The van der Waals surface area contributed by atoms with Crippen LogP contribution >= 0.6 is 0 Å². The van der Waals surface area contributed by atoms with E-state index >= 15 is 0 Å². The molecule has 0 saturated heterocycles. The fourth-order valence-corrected chi connectivity index (χ4v) is 3.66. The molecule has 0 heterocycles. The van der Waals surface area contributed by atoms with Gasteiger partial charge in [0.05, 0.1) is 0 Å². The number of hydrogen-bond acceptors (Lipinski definition) is 3. The van der Waals surface area contributed by atoms with Crippen molar-refractivity contribution in [3.05, 3.63) is 0 Å². The first kappa shape index (κ1) is 42.3. The van der Waals surface area contributed by atoms with E-state index in [-0.39, 0.29) is 6.54 Å². The highest BCUT2D eigenvalue weighted by Gasteiger charge is 2.99. The highest BCUT2D eigenvalue weighted by molar-refractivity contribution is 7.90. The Morgan fingerprint density at radius 2 is 0.705 bits per heavy atom. The minimum Gasteiger partial charge on any atom is -0.309 e. The molecule has 0 saturated carbocycles. The van der Waals surface area contributed by atoms with Crippen LogP contribution in [0.1, 0.15) is 6.42 Å². The Morgan fingerprint density at radius 1 is 0.455 bits per heavy atom. The van der Waals surface area contributed by atoms with Crippen molar-refractivity contribution in [1.29, 1.82) is 0 Å². The predicted molar refractivity (Wildman–Crippen MR) is 95.6 cm³/mol. The summed E-state index contributed by atoms with van der Waals surface area (Å²) < 4.78 is 331. The molecule has 0 aliphatic heterocycles. The van der Waals surface area contributed by atoms with Gasteiger partial charge in [-0.2, -0.15) is 101 Å². The first-order valence-electron chi connectivity index (χ1n) is 10.2. The van der Waals surface area contributed by atoms with Gasteiger partial charge in [0.2, 0.25) is 0 Å². The van der Waals surface area contributed by atoms with E-state index in [1.54, 1.807) is 0 Å². The maximum atomic E-state index is 13.9. The summed E-state index contributed by atoms with van der Waals surface area (Å²) in [6.07, 6.45) is -8.84. The van der Waals surface area contributed by atoms with Crippen LogP contribution in [-0.2, 0) is 10.0 Å². The van der Waals surface area contributed by atoms with Gasteiger partial charge in [0.15, 0.2) is 0 Å². The van der Waals surface area contributed by atoms with Crippen LogP contribution in [0.5, 0.6) is 0 Å². The average molecular weight is 734 g/mol. The molecule has 0 aromatic carbocycles. The SMILES string of the molecule is CN(C)CCCNS(=O)(=O)C(F)(F)C(F)(F)C(F)(F)C(F)(F)C(F)(F)C(F)(F)C(F)(F)C(F)(F)C(F)(F)C(F)(F)C(F)(F)F. The molecule has 0 bridgehead atoms. The van der Waals surface area contributed by atoms with Gasteiger partial charge in [-0.1, -0.05) is 0 Å². The molecule has 0 rings (SSSR count). The molecule has 0 aromatic rings. The van der Waals surface area contributed by atoms with E-state index in [1.807, 2.05) is 0 Å². The number of sulfonamides is 1. The first-order valence-corrected chi connectivity index (χ1v) is 11.6. The smallest absolute Gasteiger partial charge is 0.309 e. The molecule has 44 heavy (non-hydrogen) atoms. The summed E-state index contributed by atoms with van der Waals surface area (Å²) in [5, 5.41) is -7.83. The van der Waals surface area contributed by atoms with Crippen molar-refractivity contribution in [1.82, 2.24) is 9.62 Å². The molecule has 0 aliphatic carbocycles. The second-order valence-electron chi connectivity index (χ2n) is 8.74. The minimum absolute atomic E-state index is 0.327. The molecule has 0 aromatic heterocycles. The second kappa shape index (κ2) is 11.2. The second-order valence-corrected chi connectivity index (χ2v) is 10.5. The van der Waals surface area contributed by atoms with Gasteiger partial charge in [-0.3, -0.25) is 0 Å². The molecular weight excluding hydrogens is 721 g/mol. The molecule has 266 valence electrons. The summed E-state index contributed by atoms with van der Waals surface area (Å²) in [6, 6.07) is 0. The van der Waals surface area contributed by atoms with Crippen LogP contribution in [0.25, 0.3) is 0 Å². The van der Waals surface area contributed by atoms with Gasteiger partial charge in [0.25, 0.3) is 10.0 Å². The maximum Gasteiger partial charge on any atom is 0.460 e. The topological polar surface area (TPSA) is 49.4 Å². The van der Waals surface area contributed by atoms with E-state index in [0.29, 0.717) is 4.72 Å². The lowest BCUT2D eigenvalue weighted by Gasteiger charge is -2.45. The third-order valence-corrected chi connectivity index (χ3v) is 6.80. The van der Waals surface area contributed by atoms with Crippen LogP contribution in [0.15, 0.2) is 0 Å². The standard InChI is InChI=1S/C16H13F23N2O2S/c1-41(2)5-3-4-40-44(42,43)16(38,39)14(33,34)12(29,30)10(25,26)8(21,22)6(17,18)7(19,20)9(23,24)11(27,28)13(31,32)15(35,36)37/h40H,3-5H2,1-2H3. The summed E-state index contributed by atoms with van der Waals surface area (Å²) in [4.78, 5) is 1.12. The Balaban J connectivity index is 7.11. The first-order chi connectivity index (χ1) is 18.7. The number of nitrogens with one attached hydrogen (secondary N) is 1. The van der Waals surface area contributed by atoms with Crippen LogP contribution in [0.2, 0.25) is 0 Å². The molecule has 0 aliphatic rings. The lowest BCUT2D eigenvalue weighted by molar-refractivity contribution is -0.476. The highest BCUT2D eigenvalue weighted by Crippen LogP contribution is 2.67. The lowest BCUT2D eigenvalue weighted by Crippen LogP contribution is -2.78. The normalized spacial score (nSPS) is 16.6. The van der Waals surface area contributed by atoms with Crippen molar-refractivity contribution in [3.8, 4) is 0 Å². The maximum absolute atomic E-state index is 13.9. The average Bonchev–Trinajstić information content (AvgIpc) is 2.79. The van der Waals surface area contributed by atoms with Gasteiger partial charge < -0.3 is 4.90 Å². The van der Waals surface area contributed by atoms with Gasteiger partial charge in [-0.15, -0.1) is 0 Å². The van der Waals surface area contributed by atoms with Crippen LogP contribution in [-0.4, -0.2) is 105 Å². The number of halogens is 23. The van der Waals surface area contributed by atoms with E-state index in [1.165, 1.54) is 14.1 Å². The summed E-state index contributed by atoms with van der Waals surface area (Å²) in [5.74, 6) is -82.7. The number of hydrogen-bond donors (Lipinski definition) is 1. The van der Waals surface area contributed by atoms with Crippen LogP contribution in [0.4, 0.5) is 101 Å². The van der Waals surface area contributed by atoms with Crippen LogP contribution < -0.4 is 4.72 Å². The molecule has 4 nitrogen and oxygen atoms in total. The fraction of sp³-hybridized carbons (Fsp3) is 1.00. The molecule has 0 amide bonds. The zero-order valence-corrected chi connectivity index (χ0v) is 21.3. The largest absolute Gasteiger partial charge is 0.460 e. The molecule has 0 spiro atoms. The predicted octanol–water partition coefficient (Wildman–Crippen LogP) is 6.73. The zero-order valence-electron chi connectivity index (χ0n) is 20.5. The highest BCUT2D eigenvalue weighted by atomic mass is 32.2. The van der Waals surface area contributed by atoms with E-state index in [9.17, 15) is 109 Å². The number of alkyl halides is 23. The molecule has 1 N–H and O–H groups in total. The lowest BCUT2D eigenvalue weighted by atomic mass is 9.86. The fourth-order valence-electron chi connectivity index (χ4n) is 2.60. The van der Waals surface area contributed by atoms with Gasteiger partial charge in [-0.05, 0) is 27.1 Å². The van der Waals surface area contributed by atoms with Gasteiger partial charge in [-0.25, -0.2) is 13.1 Å². The molecule has 0 radical (unpaired) electrons. The Hall–Kier alpha value is -1.74. The van der Waals surface area contributed by atoms with E-state index in [0.717, 1.165) is 4.90 Å². The third-order valence-electron chi connectivity index (χ3n) is 5.29. The van der Waals surface area contributed by atoms with Gasteiger partial charge >= 0.3 is 64.7 Å². The van der Waals surface area contributed by atoms with E-state index in [4.69, 9.17) is 0 Å². The van der Waals surface area contributed by atoms with E-state index < -0.39 is 87.7 Å². The molecule has 0 atom stereocenters. The number of rotatable bonds is 15. The van der Waals surface area contributed by atoms with Crippen molar-refractivity contribution in [2.75, 3.05) is 27.2 Å². The molecular formula is C16H13F23N2O2S. The van der Waals surface area contributed by atoms with Crippen molar-refractivity contribution in [3.63, 3.8) is 0 Å². The van der Waals surface area contributed by atoms with Crippen molar-refractivity contribution >= 4 is 10.0 Å². The Kier molecular flexibility index (Phi) is 10.8. The quantitative estimate of drug-likeness (QED) is 0.150. The van der Waals surface area contributed by atoms with Crippen LogP contribution in [0.3, 0.4) is 0 Å². The summed E-state index contributed by atoms with van der Waals surface area (Å²) in [6.45, 7) is -1.78. The van der Waals surface area contributed by atoms with Crippen molar-refractivity contribution < 1.29 is 109 Å². The zero-order chi connectivity index (χ0) is 36.4. The summed E-state index contributed by atoms with van der Waals surface area (Å²) in [7, 11) is -5.08. The Labute approximate surface area is 228 Å². The van der Waals surface area contributed by atoms with Gasteiger partial charge in [0.1, 0.15) is 0 Å². The summed E-state index contributed by atoms with van der Waals surface area (Å²) >= 11 is 0. The Morgan fingerprint density at radius 3 is 0.955 bits per heavy atom. The summed E-state index contributed by atoms with van der Waals surface area (Å²) in [5.41, 5.74) is 0. The monoisotopic (exact) mass is 734 g/mol. The molecule has 0 fully saturated rings. The Bertz CT molecular complexity index is 1130. The number of nitrogens with zero attached hydrogens (tertiary/aromatic N) is 1. The van der Waals surface area contributed by atoms with Crippen molar-refractivity contribution in [2.45, 2.75) is 71.2 Å². The van der Waals surface area contributed by atoms with E-state index in [2.05, 4.69) is 0 Å². The van der Waals surface area contributed by atoms with Crippen molar-refractivity contribution in [2.24, 2.45) is 0 Å². The molecule has 28 heteroatoms. The van der Waals surface area contributed by atoms with Gasteiger partial charge in [0, 0.05) is 6.54 Å².